The van der Waals surface area contributed by atoms with Crippen molar-refractivity contribution in [2.45, 2.75) is 206 Å². The van der Waals surface area contributed by atoms with Crippen molar-refractivity contribution < 1.29 is 47.8 Å². The zero-order chi connectivity index (χ0) is 38.5. The second kappa shape index (κ2) is 36.2. The molecule has 0 aliphatic rings. The number of amides is 1. The van der Waals surface area contributed by atoms with E-state index in [2.05, 4.69) is 31.3 Å². The molecule has 0 radical (unpaired) electrons. The molecule has 0 saturated carbocycles. The van der Waals surface area contributed by atoms with Gasteiger partial charge in [0.2, 0.25) is 5.91 Å². The highest BCUT2D eigenvalue weighted by Gasteiger charge is 2.28. The minimum atomic E-state index is -4.75. The summed E-state index contributed by atoms with van der Waals surface area (Å²) in [6.45, 7) is 2.57. The number of carboxylic acids is 1. The Bertz CT molecular complexity index is 947. The first-order valence-electron chi connectivity index (χ1n) is 20.7. The van der Waals surface area contributed by atoms with E-state index in [1.165, 1.54) is 103 Å². The number of aliphatic hydroxyl groups excluding tert-OH is 1. The van der Waals surface area contributed by atoms with Crippen molar-refractivity contribution in [3.63, 3.8) is 0 Å². The number of ether oxygens (including phenoxy) is 1. The Morgan fingerprint density at radius 1 is 0.596 bits per heavy atom. The van der Waals surface area contributed by atoms with Gasteiger partial charge in [-0.1, -0.05) is 154 Å². The van der Waals surface area contributed by atoms with Crippen LogP contribution in [-0.2, 0) is 32.7 Å². The van der Waals surface area contributed by atoms with Gasteiger partial charge in [-0.05, 0) is 38.5 Å². The predicted molar refractivity (Wildman–Crippen MR) is 208 cm³/mol. The maximum absolute atomic E-state index is 12.3. The van der Waals surface area contributed by atoms with E-state index in [4.69, 9.17) is 13.8 Å². The molecule has 0 aromatic rings. The number of unbranched alkanes of at least 4 members (excludes halogenated alkanes) is 23. The lowest BCUT2D eigenvalue weighted by atomic mass is 10.1. The van der Waals surface area contributed by atoms with E-state index < -0.39 is 57.6 Å². The first kappa shape index (κ1) is 50.2. The lowest BCUT2D eigenvalue weighted by Crippen LogP contribution is -2.43. The van der Waals surface area contributed by atoms with Crippen molar-refractivity contribution >= 4 is 25.7 Å². The van der Waals surface area contributed by atoms with E-state index in [1.807, 2.05) is 0 Å². The lowest BCUT2D eigenvalue weighted by molar-refractivity contribution is -0.147. The second-order valence-corrected chi connectivity index (χ2v) is 15.6. The summed E-state index contributed by atoms with van der Waals surface area (Å²) in [7, 11) is -4.75. The van der Waals surface area contributed by atoms with Crippen LogP contribution in [0.15, 0.2) is 12.2 Å². The van der Waals surface area contributed by atoms with Gasteiger partial charge in [0.1, 0.15) is 12.7 Å². The number of phosphoric ester groups is 1. The van der Waals surface area contributed by atoms with Crippen molar-refractivity contribution in [2.75, 3.05) is 19.8 Å². The number of esters is 1. The number of hydrogen-bond acceptors (Lipinski definition) is 8. The molecular weight excluding hydrogens is 685 g/mol. The van der Waals surface area contributed by atoms with Gasteiger partial charge in [-0.25, -0.2) is 9.36 Å². The first-order chi connectivity index (χ1) is 25.1. The van der Waals surface area contributed by atoms with Gasteiger partial charge in [0.05, 0.1) is 13.2 Å². The summed E-state index contributed by atoms with van der Waals surface area (Å²) in [5, 5.41) is 21.8. The van der Waals surface area contributed by atoms with E-state index in [-0.39, 0.29) is 12.8 Å². The quantitative estimate of drug-likeness (QED) is 0.0205. The zero-order valence-electron chi connectivity index (χ0n) is 32.9. The van der Waals surface area contributed by atoms with E-state index in [0.717, 1.165) is 51.4 Å². The van der Waals surface area contributed by atoms with Crippen LogP contribution in [0.2, 0.25) is 0 Å². The number of rotatable bonds is 39. The molecule has 0 fully saturated rings. The Labute approximate surface area is 316 Å². The average Bonchev–Trinajstić information content (AvgIpc) is 3.11. The van der Waals surface area contributed by atoms with Crippen molar-refractivity contribution in [2.24, 2.45) is 0 Å². The number of carbonyl (C=O) groups excluding carboxylic acids is 2. The monoisotopic (exact) mass is 762 g/mol. The largest absolute Gasteiger partial charge is 0.480 e. The molecule has 0 aromatic carbocycles. The van der Waals surface area contributed by atoms with Crippen molar-refractivity contribution in [1.29, 1.82) is 0 Å². The average molecular weight is 762 g/mol. The number of allylic oxidation sites excluding steroid dienone is 2. The van der Waals surface area contributed by atoms with E-state index >= 15 is 0 Å². The highest BCUT2D eigenvalue weighted by atomic mass is 31.2. The maximum atomic E-state index is 12.3. The Balaban J connectivity index is 3.92. The molecule has 4 N–H and O–H groups in total. The molecule has 12 heteroatoms. The molecule has 3 unspecified atom stereocenters. The van der Waals surface area contributed by atoms with Crippen molar-refractivity contribution in [3.8, 4) is 0 Å². The summed E-state index contributed by atoms with van der Waals surface area (Å²) in [6.07, 6.45) is 33.8. The molecule has 1 amide bonds. The van der Waals surface area contributed by atoms with Gasteiger partial charge >= 0.3 is 19.8 Å². The Hall–Kier alpha value is -1.78. The van der Waals surface area contributed by atoms with Crippen LogP contribution in [0.1, 0.15) is 194 Å². The number of aliphatic hydroxyl groups is 1. The molecule has 3 atom stereocenters. The maximum Gasteiger partial charge on any atom is 0.472 e. The van der Waals surface area contributed by atoms with Crippen LogP contribution < -0.4 is 5.32 Å². The van der Waals surface area contributed by atoms with Gasteiger partial charge in [0.25, 0.3) is 0 Å². The second-order valence-electron chi connectivity index (χ2n) is 14.2. The van der Waals surface area contributed by atoms with Crippen LogP contribution in [-0.4, -0.2) is 64.9 Å². The van der Waals surface area contributed by atoms with Crippen LogP contribution in [0.3, 0.4) is 0 Å². The van der Waals surface area contributed by atoms with Crippen molar-refractivity contribution in [1.82, 2.24) is 5.32 Å². The smallest absolute Gasteiger partial charge is 0.472 e. The van der Waals surface area contributed by atoms with E-state index in [1.54, 1.807) is 0 Å². The molecule has 0 rings (SSSR count). The normalized spacial score (nSPS) is 13.9. The minimum Gasteiger partial charge on any atom is -0.480 e. The van der Waals surface area contributed by atoms with Gasteiger partial charge < -0.3 is 25.2 Å². The van der Waals surface area contributed by atoms with Crippen LogP contribution in [0, 0.1) is 0 Å². The van der Waals surface area contributed by atoms with Gasteiger partial charge in [-0.3, -0.25) is 18.6 Å². The molecule has 306 valence electrons. The molecular formula is C40H76NO10P. The number of carbonyl (C=O) groups is 3. The zero-order valence-corrected chi connectivity index (χ0v) is 33.8. The fourth-order valence-electron chi connectivity index (χ4n) is 5.78. The molecule has 0 aromatic heterocycles. The number of aliphatic carboxylic acids is 1. The summed E-state index contributed by atoms with van der Waals surface area (Å²) in [4.78, 5) is 45.7. The molecule has 52 heavy (non-hydrogen) atoms. The van der Waals surface area contributed by atoms with Crippen molar-refractivity contribution in [3.05, 3.63) is 12.2 Å². The standard InChI is InChI=1S/C40H76NO10P/c1-3-5-7-9-11-13-15-16-17-18-19-20-21-22-23-25-27-29-31-38(43)41-37(40(45)46)35-51-52(47,48)50-34-36(42)33-49-39(44)32-30-28-26-24-14-12-10-8-6-4-2/h17-18,36-37,42H,3-16,19-35H2,1-2H3,(H,41,43)(H,45,46)(H,47,48)/b18-17-. The minimum absolute atomic E-state index is 0.144. The third-order valence-electron chi connectivity index (χ3n) is 9.05. The third kappa shape index (κ3) is 35.3. The third-order valence-corrected chi connectivity index (χ3v) is 10.0. The predicted octanol–water partition coefficient (Wildman–Crippen LogP) is 10.1. The SMILES string of the molecule is CCCCCCCCC/C=C\CCCCCCCCCC(=O)NC(COP(=O)(O)OCC(O)COC(=O)CCCCCCCCCCCC)C(=O)O. The van der Waals surface area contributed by atoms with Crippen LogP contribution in [0.5, 0.6) is 0 Å². The fraction of sp³-hybridized carbons (Fsp3) is 0.875. The molecule has 0 aliphatic heterocycles. The molecule has 0 bridgehead atoms. The molecule has 0 aliphatic carbocycles. The number of phosphoric acid groups is 1. The Kier molecular flexibility index (Phi) is 35.0. The molecule has 0 saturated heterocycles. The Morgan fingerprint density at radius 3 is 1.46 bits per heavy atom. The molecule has 11 nitrogen and oxygen atoms in total. The topological polar surface area (TPSA) is 169 Å². The summed E-state index contributed by atoms with van der Waals surface area (Å²) in [5.74, 6) is -2.37. The number of nitrogens with one attached hydrogen (secondary N) is 1. The van der Waals surface area contributed by atoms with Crippen LogP contribution in [0.25, 0.3) is 0 Å². The van der Waals surface area contributed by atoms with E-state index in [9.17, 15) is 34.1 Å². The van der Waals surface area contributed by atoms with Gasteiger partial charge in [-0.2, -0.15) is 0 Å². The highest BCUT2D eigenvalue weighted by molar-refractivity contribution is 7.47. The molecule has 0 heterocycles. The van der Waals surface area contributed by atoms with E-state index in [0.29, 0.717) is 12.8 Å². The van der Waals surface area contributed by atoms with Crippen LogP contribution in [0.4, 0.5) is 0 Å². The summed E-state index contributed by atoms with van der Waals surface area (Å²) in [5.41, 5.74) is 0. The highest BCUT2D eigenvalue weighted by Crippen LogP contribution is 2.43. The molecule has 0 spiro atoms. The summed E-state index contributed by atoms with van der Waals surface area (Å²) in [6, 6.07) is -1.54. The van der Waals surface area contributed by atoms with Crippen LogP contribution >= 0.6 is 7.82 Å². The van der Waals surface area contributed by atoms with Gasteiger partial charge in [-0.15, -0.1) is 0 Å². The van der Waals surface area contributed by atoms with Gasteiger partial charge in [0.15, 0.2) is 6.04 Å². The van der Waals surface area contributed by atoms with Gasteiger partial charge in [0, 0.05) is 12.8 Å². The Morgan fingerprint density at radius 2 is 1.00 bits per heavy atom. The number of carboxylic acid groups (broad SMARTS) is 1. The summed E-state index contributed by atoms with van der Waals surface area (Å²) >= 11 is 0. The lowest BCUT2D eigenvalue weighted by Gasteiger charge is -2.18. The summed E-state index contributed by atoms with van der Waals surface area (Å²) < 4.78 is 26.7. The number of hydrogen-bond donors (Lipinski definition) is 4. The fourth-order valence-corrected chi connectivity index (χ4v) is 6.55. The first-order valence-corrected chi connectivity index (χ1v) is 22.2.